The molecule has 23 heavy (non-hydrogen) atoms. The van der Waals surface area contributed by atoms with Gasteiger partial charge in [0.2, 0.25) is 11.7 Å². The zero-order valence-corrected chi connectivity index (χ0v) is 13.4. The quantitative estimate of drug-likeness (QED) is 0.833. The van der Waals surface area contributed by atoms with Gasteiger partial charge in [-0.25, -0.2) is 4.39 Å². The molecule has 8 heteroatoms. The van der Waals surface area contributed by atoms with Gasteiger partial charge in [0, 0.05) is 13.2 Å². The van der Waals surface area contributed by atoms with Crippen molar-refractivity contribution in [2.75, 3.05) is 13.2 Å². The molecule has 0 spiro atoms. The minimum atomic E-state index is -0.413. The van der Waals surface area contributed by atoms with Crippen molar-refractivity contribution >= 4 is 12.4 Å². The van der Waals surface area contributed by atoms with E-state index >= 15 is 0 Å². The van der Waals surface area contributed by atoms with E-state index in [0.717, 1.165) is 26.0 Å². The summed E-state index contributed by atoms with van der Waals surface area (Å²) in [5, 5.41) is 7.02. The highest BCUT2D eigenvalue weighted by molar-refractivity contribution is 5.85. The number of rotatable bonds is 7. The third-order valence-corrected chi connectivity index (χ3v) is 3.38. The highest BCUT2D eigenvalue weighted by Gasteiger charge is 2.15. The average Bonchev–Trinajstić information content (AvgIpc) is 3.18. The fourth-order valence-corrected chi connectivity index (χ4v) is 2.27. The molecule has 1 unspecified atom stereocenters. The van der Waals surface area contributed by atoms with Gasteiger partial charge >= 0.3 is 0 Å². The van der Waals surface area contributed by atoms with E-state index in [1.165, 1.54) is 6.07 Å². The highest BCUT2D eigenvalue weighted by atomic mass is 35.5. The van der Waals surface area contributed by atoms with Gasteiger partial charge in [-0.15, -0.1) is 12.4 Å². The Balaban J connectivity index is 0.00000192. The predicted octanol–water partition coefficient (Wildman–Crippen LogP) is 2.48. The van der Waals surface area contributed by atoms with Gasteiger partial charge in [-0.1, -0.05) is 17.3 Å². The number of benzene rings is 1. The van der Waals surface area contributed by atoms with Crippen LogP contribution < -0.4 is 10.1 Å². The lowest BCUT2D eigenvalue weighted by Crippen LogP contribution is -2.25. The van der Waals surface area contributed by atoms with E-state index in [0.29, 0.717) is 18.3 Å². The average molecular weight is 344 g/mol. The molecule has 0 saturated carbocycles. The van der Waals surface area contributed by atoms with Gasteiger partial charge in [0.15, 0.2) is 18.2 Å². The van der Waals surface area contributed by atoms with Crippen LogP contribution in [0.3, 0.4) is 0 Å². The topological polar surface area (TPSA) is 69.4 Å². The first-order chi connectivity index (χ1) is 10.8. The Bertz CT molecular complexity index is 605. The summed E-state index contributed by atoms with van der Waals surface area (Å²) in [5.74, 6) is 0.622. The van der Waals surface area contributed by atoms with Crippen LogP contribution in [-0.2, 0) is 17.9 Å². The van der Waals surface area contributed by atoms with Crippen LogP contribution in [0.2, 0.25) is 0 Å². The van der Waals surface area contributed by atoms with E-state index < -0.39 is 5.82 Å². The van der Waals surface area contributed by atoms with Crippen LogP contribution >= 0.6 is 12.4 Å². The molecule has 1 aliphatic rings. The van der Waals surface area contributed by atoms with Crippen molar-refractivity contribution in [3.63, 3.8) is 0 Å². The minimum absolute atomic E-state index is 0. The molecule has 1 atom stereocenters. The van der Waals surface area contributed by atoms with Crippen molar-refractivity contribution < 1.29 is 18.4 Å². The van der Waals surface area contributed by atoms with Crippen LogP contribution in [0.4, 0.5) is 4.39 Å². The van der Waals surface area contributed by atoms with Crippen molar-refractivity contribution in [2.24, 2.45) is 0 Å². The lowest BCUT2D eigenvalue weighted by atomic mass is 10.2. The first kappa shape index (κ1) is 17.7. The third kappa shape index (κ3) is 5.16. The lowest BCUT2D eigenvalue weighted by Gasteiger charge is -2.08. The fraction of sp³-hybridized carbons (Fsp3) is 0.467. The van der Waals surface area contributed by atoms with Crippen molar-refractivity contribution in [3.05, 3.63) is 41.8 Å². The standard InChI is InChI=1S/C15H18FN3O3.ClH/c16-12-5-1-2-6-13(12)21-10-14-18-15(22-19-14)9-17-8-11-4-3-7-20-11;/h1-2,5-6,11,17H,3-4,7-10H2;1H. The maximum atomic E-state index is 13.4. The van der Waals surface area contributed by atoms with E-state index in [4.69, 9.17) is 14.0 Å². The van der Waals surface area contributed by atoms with Gasteiger partial charge in [-0.2, -0.15) is 4.98 Å². The molecular weight excluding hydrogens is 325 g/mol. The van der Waals surface area contributed by atoms with Crippen molar-refractivity contribution in [2.45, 2.75) is 32.1 Å². The number of halogens is 2. The van der Waals surface area contributed by atoms with Crippen LogP contribution in [-0.4, -0.2) is 29.4 Å². The van der Waals surface area contributed by atoms with Gasteiger partial charge in [-0.05, 0) is 25.0 Å². The second kappa shape index (κ2) is 8.81. The Hall–Kier alpha value is -1.70. The summed E-state index contributed by atoms with van der Waals surface area (Å²) < 4.78 is 29.3. The second-order valence-corrected chi connectivity index (χ2v) is 5.09. The van der Waals surface area contributed by atoms with Crippen molar-refractivity contribution in [1.29, 1.82) is 0 Å². The molecule has 1 N–H and O–H groups in total. The molecule has 1 aliphatic heterocycles. The van der Waals surface area contributed by atoms with Crippen LogP contribution in [0.15, 0.2) is 28.8 Å². The van der Waals surface area contributed by atoms with Crippen molar-refractivity contribution in [1.82, 2.24) is 15.5 Å². The molecule has 1 aromatic carbocycles. The smallest absolute Gasteiger partial charge is 0.240 e. The molecular formula is C15H19ClFN3O3. The third-order valence-electron chi connectivity index (χ3n) is 3.38. The fourth-order valence-electron chi connectivity index (χ4n) is 2.27. The Kier molecular flexibility index (Phi) is 6.76. The number of nitrogens with one attached hydrogen (secondary N) is 1. The molecule has 1 aromatic heterocycles. The minimum Gasteiger partial charge on any atom is -0.482 e. The number of hydrogen-bond donors (Lipinski definition) is 1. The molecule has 2 aromatic rings. The molecule has 0 amide bonds. The molecule has 0 radical (unpaired) electrons. The summed E-state index contributed by atoms with van der Waals surface area (Å²) in [5.41, 5.74) is 0. The summed E-state index contributed by atoms with van der Waals surface area (Å²) in [4.78, 5) is 4.19. The summed E-state index contributed by atoms with van der Waals surface area (Å²) in [6, 6.07) is 6.20. The Labute approximate surface area is 139 Å². The molecule has 6 nitrogen and oxygen atoms in total. The largest absolute Gasteiger partial charge is 0.482 e. The SMILES string of the molecule is Cl.Fc1ccccc1OCc1noc(CNCC2CCCO2)n1. The lowest BCUT2D eigenvalue weighted by molar-refractivity contribution is 0.109. The summed E-state index contributed by atoms with van der Waals surface area (Å²) >= 11 is 0. The van der Waals surface area contributed by atoms with E-state index in [-0.39, 0.29) is 30.9 Å². The van der Waals surface area contributed by atoms with Gasteiger partial charge in [0.25, 0.3) is 0 Å². The molecule has 1 saturated heterocycles. The van der Waals surface area contributed by atoms with Crippen LogP contribution in [0.5, 0.6) is 5.75 Å². The van der Waals surface area contributed by atoms with E-state index in [2.05, 4.69) is 15.5 Å². The Morgan fingerprint density at radius 2 is 2.22 bits per heavy atom. The van der Waals surface area contributed by atoms with E-state index in [1.807, 2.05) is 0 Å². The van der Waals surface area contributed by atoms with Gasteiger partial charge < -0.3 is 19.3 Å². The number of hydrogen-bond acceptors (Lipinski definition) is 6. The van der Waals surface area contributed by atoms with Gasteiger partial charge in [0.05, 0.1) is 12.6 Å². The van der Waals surface area contributed by atoms with Crippen molar-refractivity contribution in [3.8, 4) is 5.75 Å². The monoisotopic (exact) mass is 343 g/mol. The van der Waals surface area contributed by atoms with Gasteiger partial charge in [-0.3, -0.25) is 0 Å². The first-order valence-corrected chi connectivity index (χ1v) is 7.32. The molecule has 0 aliphatic carbocycles. The zero-order chi connectivity index (χ0) is 15.2. The maximum Gasteiger partial charge on any atom is 0.240 e. The summed E-state index contributed by atoms with van der Waals surface area (Å²) in [6.07, 6.45) is 2.47. The molecule has 1 fully saturated rings. The Morgan fingerprint density at radius 3 is 3.00 bits per heavy atom. The molecule has 3 rings (SSSR count). The van der Waals surface area contributed by atoms with Crippen LogP contribution in [0.1, 0.15) is 24.6 Å². The molecule has 2 heterocycles. The molecule has 126 valence electrons. The predicted molar refractivity (Wildman–Crippen MR) is 83.0 cm³/mol. The summed E-state index contributed by atoms with van der Waals surface area (Å²) in [6.45, 7) is 2.15. The van der Waals surface area contributed by atoms with E-state index in [9.17, 15) is 4.39 Å². The normalized spacial score (nSPS) is 17.0. The number of aromatic nitrogens is 2. The van der Waals surface area contributed by atoms with E-state index in [1.54, 1.807) is 18.2 Å². The number of nitrogens with zero attached hydrogens (tertiary/aromatic N) is 2. The van der Waals surface area contributed by atoms with Gasteiger partial charge in [0.1, 0.15) is 0 Å². The van der Waals surface area contributed by atoms with Crippen LogP contribution in [0, 0.1) is 5.82 Å². The zero-order valence-electron chi connectivity index (χ0n) is 12.5. The number of para-hydroxylation sites is 1. The summed E-state index contributed by atoms with van der Waals surface area (Å²) in [7, 11) is 0. The highest BCUT2D eigenvalue weighted by Crippen LogP contribution is 2.16. The molecule has 0 bridgehead atoms. The second-order valence-electron chi connectivity index (χ2n) is 5.09. The first-order valence-electron chi connectivity index (χ1n) is 7.32. The Morgan fingerprint density at radius 1 is 1.35 bits per heavy atom. The number of ether oxygens (including phenoxy) is 2. The van der Waals surface area contributed by atoms with Crippen LogP contribution in [0.25, 0.3) is 0 Å². The maximum absolute atomic E-state index is 13.4.